The number of rotatable bonds is 5. The summed E-state index contributed by atoms with van der Waals surface area (Å²) in [4.78, 5) is 6.51. The molecule has 0 spiro atoms. The Balaban J connectivity index is 2.07. The van der Waals surface area contributed by atoms with Crippen LogP contribution in [0.5, 0.6) is 0 Å². The third-order valence-corrected chi connectivity index (χ3v) is 4.64. The largest absolute Gasteiger partial charge is 0.383 e. The summed E-state index contributed by atoms with van der Waals surface area (Å²) >= 11 is 0. The average molecular weight is 356 g/mol. The van der Waals surface area contributed by atoms with Crippen molar-refractivity contribution in [2.24, 2.45) is 0 Å². The van der Waals surface area contributed by atoms with Gasteiger partial charge in [0, 0.05) is 30.9 Å². The number of pyridine rings is 1. The highest BCUT2D eigenvalue weighted by molar-refractivity contribution is 5.80. The van der Waals surface area contributed by atoms with Crippen LogP contribution in [0.2, 0.25) is 0 Å². The van der Waals surface area contributed by atoms with Crippen molar-refractivity contribution in [3.05, 3.63) is 65.7 Å². The summed E-state index contributed by atoms with van der Waals surface area (Å²) in [7, 11) is 4.00. The monoisotopic (exact) mass is 356 g/mol. The Morgan fingerprint density at radius 1 is 1.00 bits per heavy atom. The predicted octanol–water partition coefficient (Wildman–Crippen LogP) is 4.89. The highest BCUT2D eigenvalue weighted by Crippen LogP contribution is 2.32. The molecule has 0 unspecified atom stereocenters. The minimum Gasteiger partial charge on any atom is -0.383 e. The zero-order chi connectivity index (χ0) is 19.4. The molecule has 4 heteroatoms. The Bertz CT molecular complexity index is 965. The summed E-state index contributed by atoms with van der Waals surface area (Å²) < 4.78 is 0. The highest BCUT2D eigenvalue weighted by atomic mass is 15.1. The van der Waals surface area contributed by atoms with Crippen molar-refractivity contribution in [2.75, 3.05) is 24.7 Å². The first-order valence-electron chi connectivity index (χ1n) is 9.11. The molecule has 0 amide bonds. The van der Waals surface area contributed by atoms with Gasteiger partial charge in [-0.25, -0.2) is 4.98 Å². The Morgan fingerprint density at radius 2 is 1.63 bits per heavy atom. The van der Waals surface area contributed by atoms with Gasteiger partial charge in [0.25, 0.3) is 0 Å². The minimum absolute atomic E-state index is 0.263. The van der Waals surface area contributed by atoms with Crippen LogP contribution in [-0.4, -0.2) is 19.1 Å². The van der Waals surface area contributed by atoms with E-state index in [9.17, 15) is 5.26 Å². The van der Waals surface area contributed by atoms with Gasteiger partial charge >= 0.3 is 0 Å². The standard InChI is InChI=1S/C23H24N4/c1-4-5-16-6-8-18(9-7-16)22-14-20(21(15-24)23(25)26-22)17-10-12-19(13-11-17)27(2)3/h6-14H,4-5H2,1-3H3,(H2,25,26). The number of anilines is 2. The first-order valence-corrected chi connectivity index (χ1v) is 9.11. The maximum Gasteiger partial charge on any atom is 0.142 e. The fourth-order valence-corrected chi connectivity index (χ4v) is 3.13. The van der Waals surface area contributed by atoms with Gasteiger partial charge in [0.05, 0.1) is 5.69 Å². The third kappa shape index (κ3) is 3.93. The molecular weight excluding hydrogens is 332 g/mol. The van der Waals surface area contributed by atoms with Crippen LogP contribution >= 0.6 is 0 Å². The first kappa shape index (κ1) is 18.5. The molecule has 2 N–H and O–H groups in total. The quantitative estimate of drug-likeness (QED) is 0.707. The van der Waals surface area contributed by atoms with E-state index in [0.29, 0.717) is 5.56 Å². The van der Waals surface area contributed by atoms with Gasteiger partial charge in [0.15, 0.2) is 0 Å². The van der Waals surface area contributed by atoms with Crippen molar-refractivity contribution >= 4 is 11.5 Å². The lowest BCUT2D eigenvalue weighted by molar-refractivity contribution is 0.922. The normalized spacial score (nSPS) is 10.4. The summed E-state index contributed by atoms with van der Waals surface area (Å²) in [5, 5.41) is 9.58. The summed E-state index contributed by atoms with van der Waals surface area (Å²) in [5.41, 5.74) is 12.5. The number of nitrogens with zero attached hydrogens (tertiary/aromatic N) is 3. The summed E-state index contributed by atoms with van der Waals surface area (Å²) in [6.45, 7) is 2.17. The molecule has 0 saturated carbocycles. The molecule has 0 bridgehead atoms. The second kappa shape index (κ2) is 7.92. The zero-order valence-electron chi connectivity index (χ0n) is 16.0. The zero-order valence-corrected chi connectivity index (χ0v) is 16.0. The molecule has 0 aliphatic carbocycles. The van der Waals surface area contributed by atoms with Gasteiger partial charge in [-0.05, 0) is 35.7 Å². The molecule has 4 nitrogen and oxygen atoms in total. The molecule has 136 valence electrons. The number of hydrogen-bond acceptors (Lipinski definition) is 4. The lowest BCUT2D eigenvalue weighted by atomic mass is 9.97. The molecule has 0 saturated heterocycles. The van der Waals surface area contributed by atoms with Gasteiger partial charge in [-0.3, -0.25) is 0 Å². The van der Waals surface area contributed by atoms with Crippen LogP contribution in [0.15, 0.2) is 54.6 Å². The van der Waals surface area contributed by atoms with Gasteiger partial charge in [0.2, 0.25) is 0 Å². The Hall–Kier alpha value is -3.32. The Labute approximate surface area is 160 Å². The van der Waals surface area contributed by atoms with Crippen LogP contribution in [0, 0.1) is 11.3 Å². The van der Waals surface area contributed by atoms with E-state index in [-0.39, 0.29) is 5.82 Å². The van der Waals surface area contributed by atoms with Crippen molar-refractivity contribution in [1.82, 2.24) is 4.98 Å². The topological polar surface area (TPSA) is 65.9 Å². The van der Waals surface area contributed by atoms with E-state index in [0.717, 1.165) is 40.9 Å². The van der Waals surface area contributed by atoms with Gasteiger partial charge in [-0.1, -0.05) is 49.7 Å². The van der Waals surface area contributed by atoms with Crippen LogP contribution < -0.4 is 10.6 Å². The number of aromatic nitrogens is 1. The van der Waals surface area contributed by atoms with Crippen LogP contribution in [0.3, 0.4) is 0 Å². The second-order valence-electron chi connectivity index (χ2n) is 6.82. The molecular formula is C23H24N4. The number of benzene rings is 2. The fraction of sp³-hybridized carbons (Fsp3) is 0.217. The molecule has 0 radical (unpaired) electrons. The number of nitrogens with two attached hydrogens (primary N) is 1. The number of hydrogen-bond donors (Lipinski definition) is 1. The maximum absolute atomic E-state index is 9.58. The van der Waals surface area contributed by atoms with Gasteiger partial charge in [0.1, 0.15) is 17.5 Å². The smallest absolute Gasteiger partial charge is 0.142 e. The summed E-state index contributed by atoms with van der Waals surface area (Å²) in [6.07, 6.45) is 2.18. The first-order chi connectivity index (χ1) is 13.0. The third-order valence-electron chi connectivity index (χ3n) is 4.64. The van der Waals surface area contributed by atoms with E-state index >= 15 is 0 Å². The van der Waals surface area contributed by atoms with Crippen molar-refractivity contribution in [3.8, 4) is 28.5 Å². The van der Waals surface area contributed by atoms with Crippen molar-refractivity contribution < 1.29 is 0 Å². The Morgan fingerprint density at radius 3 is 2.19 bits per heavy atom. The van der Waals surface area contributed by atoms with Crippen LogP contribution in [0.1, 0.15) is 24.5 Å². The number of aryl methyl sites for hydroxylation is 1. The van der Waals surface area contributed by atoms with Crippen LogP contribution in [0.4, 0.5) is 11.5 Å². The van der Waals surface area contributed by atoms with Crippen molar-refractivity contribution in [1.29, 1.82) is 5.26 Å². The highest BCUT2D eigenvalue weighted by Gasteiger charge is 2.13. The SMILES string of the molecule is CCCc1ccc(-c2cc(-c3ccc(N(C)C)cc3)c(C#N)c(N)n2)cc1. The fourth-order valence-electron chi connectivity index (χ4n) is 3.13. The summed E-state index contributed by atoms with van der Waals surface area (Å²) in [6, 6.07) is 20.6. The molecule has 0 fully saturated rings. The van der Waals surface area contributed by atoms with E-state index in [4.69, 9.17) is 5.73 Å². The van der Waals surface area contributed by atoms with E-state index < -0.39 is 0 Å². The van der Waals surface area contributed by atoms with E-state index in [1.54, 1.807) is 0 Å². The average Bonchev–Trinajstić information content (AvgIpc) is 2.68. The molecule has 0 atom stereocenters. The molecule has 1 heterocycles. The van der Waals surface area contributed by atoms with E-state index in [1.807, 2.05) is 49.3 Å². The van der Waals surface area contributed by atoms with E-state index in [1.165, 1.54) is 5.56 Å². The van der Waals surface area contributed by atoms with Gasteiger partial charge < -0.3 is 10.6 Å². The second-order valence-corrected chi connectivity index (χ2v) is 6.82. The lowest BCUT2D eigenvalue weighted by Gasteiger charge is -2.14. The molecule has 3 rings (SSSR count). The van der Waals surface area contributed by atoms with Crippen LogP contribution in [-0.2, 0) is 6.42 Å². The molecule has 1 aromatic heterocycles. The molecule has 3 aromatic rings. The number of nitrogen functional groups attached to an aromatic ring is 1. The molecule has 0 aliphatic rings. The summed E-state index contributed by atoms with van der Waals surface area (Å²) in [5.74, 6) is 0.263. The number of nitriles is 1. The van der Waals surface area contributed by atoms with Gasteiger partial charge in [-0.15, -0.1) is 0 Å². The van der Waals surface area contributed by atoms with Crippen molar-refractivity contribution in [3.63, 3.8) is 0 Å². The lowest BCUT2D eigenvalue weighted by Crippen LogP contribution is -2.08. The van der Waals surface area contributed by atoms with Crippen molar-refractivity contribution in [2.45, 2.75) is 19.8 Å². The van der Waals surface area contributed by atoms with Gasteiger partial charge in [-0.2, -0.15) is 5.26 Å². The minimum atomic E-state index is 0.263. The van der Waals surface area contributed by atoms with E-state index in [2.05, 4.69) is 42.2 Å². The molecule has 27 heavy (non-hydrogen) atoms. The molecule has 2 aromatic carbocycles. The maximum atomic E-state index is 9.58. The van der Waals surface area contributed by atoms with Crippen LogP contribution in [0.25, 0.3) is 22.4 Å². The Kier molecular flexibility index (Phi) is 5.42. The predicted molar refractivity (Wildman–Crippen MR) is 113 cm³/mol. The molecule has 0 aliphatic heterocycles.